The summed E-state index contributed by atoms with van der Waals surface area (Å²) >= 11 is 0. The first kappa shape index (κ1) is 8.64. The van der Waals surface area contributed by atoms with E-state index in [9.17, 15) is 0 Å². The van der Waals surface area contributed by atoms with Crippen LogP contribution in [0, 0.1) is 0 Å². The van der Waals surface area contributed by atoms with Crippen LogP contribution in [0.15, 0.2) is 49.1 Å². The van der Waals surface area contributed by atoms with Crippen molar-refractivity contribution in [2.45, 2.75) is 0 Å². The lowest BCUT2D eigenvalue weighted by atomic mass is 10.3. The summed E-state index contributed by atoms with van der Waals surface area (Å²) in [7, 11) is 0. The van der Waals surface area contributed by atoms with E-state index >= 15 is 0 Å². The van der Waals surface area contributed by atoms with Crippen molar-refractivity contribution in [1.82, 2.24) is 19.4 Å². The number of benzene rings is 1. The summed E-state index contributed by atoms with van der Waals surface area (Å²) in [5.41, 5.74) is 3.86. The average molecular weight is 220 g/mol. The van der Waals surface area contributed by atoms with Crippen LogP contribution in [-0.2, 0) is 0 Å². The van der Waals surface area contributed by atoms with Gasteiger partial charge < -0.3 is 0 Å². The van der Waals surface area contributed by atoms with Gasteiger partial charge in [-0.25, -0.2) is 9.97 Å². The predicted molar refractivity (Wildman–Crippen MR) is 65.8 cm³/mol. The summed E-state index contributed by atoms with van der Waals surface area (Å²) in [6.07, 6.45) is 5.33. The Bertz CT molecular complexity index is 848. The van der Waals surface area contributed by atoms with E-state index in [-0.39, 0.29) is 0 Å². The number of aromatic nitrogens is 4. The molecule has 17 heavy (non-hydrogen) atoms. The van der Waals surface area contributed by atoms with Gasteiger partial charge >= 0.3 is 0 Å². The van der Waals surface area contributed by atoms with Gasteiger partial charge in [0, 0.05) is 11.6 Å². The minimum atomic E-state index is 0.871. The molecule has 0 spiro atoms. The zero-order valence-electron chi connectivity index (χ0n) is 8.91. The molecule has 3 aromatic heterocycles. The Labute approximate surface area is 96.6 Å². The topological polar surface area (TPSA) is 43.1 Å². The Kier molecular flexibility index (Phi) is 1.53. The number of hydrogen-bond acceptors (Lipinski definition) is 3. The van der Waals surface area contributed by atoms with Crippen molar-refractivity contribution in [1.29, 1.82) is 0 Å². The molecule has 0 atom stereocenters. The van der Waals surface area contributed by atoms with Gasteiger partial charge in [0.25, 0.3) is 0 Å². The Hall–Kier alpha value is -2.49. The van der Waals surface area contributed by atoms with Gasteiger partial charge in [0.05, 0.1) is 22.7 Å². The summed E-state index contributed by atoms with van der Waals surface area (Å²) in [5, 5.41) is 1.03. The monoisotopic (exact) mass is 220 g/mol. The average Bonchev–Trinajstić information content (AvgIpc) is 2.78. The van der Waals surface area contributed by atoms with Gasteiger partial charge in [-0.1, -0.05) is 12.1 Å². The Morgan fingerprint density at radius 2 is 1.94 bits per heavy atom. The molecule has 80 valence electrons. The van der Waals surface area contributed by atoms with Gasteiger partial charge in [0.15, 0.2) is 0 Å². The Morgan fingerprint density at radius 1 is 1.00 bits per heavy atom. The van der Waals surface area contributed by atoms with Crippen molar-refractivity contribution in [2.75, 3.05) is 0 Å². The smallest absolute Gasteiger partial charge is 0.148 e. The molecule has 4 aromatic rings. The van der Waals surface area contributed by atoms with Gasteiger partial charge in [0.2, 0.25) is 0 Å². The van der Waals surface area contributed by atoms with E-state index in [1.807, 2.05) is 34.7 Å². The summed E-state index contributed by atoms with van der Waals surface area (Å²) in [4.78, 5) is 13.1. The van der Waals surface area contributed by atoms with E-state index in [1.54, 1.807) is 18.7 Å². The van der Waals surface area contributed by atoms with Crippen LogP contribution in [0.4, 0.5) is 0 Å². The van der Waals surface area contributed by atoms with Gasteiger partial charge in [-0.05, 0) is 18.2 Å². The molecule has 3 heterocycles. The van der Waals surface area contributed by atoms with Crippen molar-refractivity contribution in [3.8, 4) is 0 Å². The van der Waals surface area contributed by atoms with Gasteiger partial charge in [-0.2, -0.15) is 0 Å². The van der Waals surface area contributed by atoms with Crippen LogP contribution >= 0.6 is 0 Å². The second-order valence-electron chi connectivity index (χ2n) is 3.93. The molecule has 0 fully saturated rings. The van der Waals surface area contributed by atoms with Crippen LogP contribution in [0.2, 0.25) is 0 Å². The number of rotatable bonds is 0. The summed E-state index contributed by atoms with van der Waals surface area (Å²) in [6, 6.07) is 10.0. The van der Waals surface area contributed by atoms with E-state index in [0.717, 1.165) is 27.6 Å². The third kappa shape index (κ3) is 1.09. The highest BCUT2D eigenvalue weighted by Crippen LogP contribution is 2.21. The maximum Gasteiger partial charge on any atom is 0.148 e. The van der Waals surface area contributed by atoms with Crippen molar-refractivity contribution in [3.05, 3.63) is 49.1 Å². The molecule has 4 nitrogen and oxygen atoms in total. The number of pyridine rings is 1. The third-order valence-corrected chi connectivity index (χ3v) is 2.95. The molecule has 4 heteroatoms. The molecule has 0 aliphatic heterocycles. The van der Waals surface area contributed by atoms with Gasteiger partial charge in [0.1, 0.15) is 12.0 Å². The fourth-order valence-electron chi connectivity index (χ4n) is 2.15. The molecule has 0 radical (unpaired) electrons. The van der Waals surface area contributed by atoms with Crippen LogP contribution in [0.5, 0.6) is 0 Å². The Morgan fingerprint density at radius 3 is 2.94 bits per heavy atom. The molecular formula is C13H8N4. The summed E-state index contributed by atoms with van der Waals surface area (Å²) < 4.78 is 2.01. The molecule has 0 aliphatic carbocycles. The van der Waals surface area contributed by atoms with Gasteiger partial charge in [-0.15, -0.1) is 0 Å². The van der Waals surface area contributed by atoms with Crippen LogP contribution in [-0.4, -0.2) is 19.4 Å². The minimum Gasteiger partial charge on any atom is -0.282 e. The first-order chi connectivity index (χ1) is 8.43. The zero-order chi connectivity index (χ0) is 11.2. The van der Waals surface area contributed by atoms with E-state index in [1.165, 1.54) is 0 Å². The molecule has 0 N–H and O–H groups in total. The Balaban J connectivity index is 2.34. The predicted octanol–water partition coefficient (Wildman–Crippen LogP) is 2.43. The van der Waals surface area contributed by atoms with Crippen molar-refractivity contribution in [3.63, 3.8) is 0 Å². The number of nitrogens with zero attached hydrogens (tertiary/aromatic N) is 4. The van der Waals surface area contributed by atoms with Crippen LogP contribution in [0.3, 0.4) is 0 Å². The lowest BCUT2D eigenvalue weighted by Gasteiger charge is -1.98. The highest BCUT2D eigenvalue weighted by atomic mass is 15.0. The number of fused-ring (bicyclic) bond motifs is 5. The number of hydrogen-bond donors (Lipinski definition) is 0. The molecule has 0 saturated carbocycles. The van der Waals surface area contributed by atoms with Crippen LogP contribution < -0.4 is 0 Å². The standard InChI is InChI=1S/C13H8N4/c1-2-4-12-10(3-1)16-13-9-5-6-14-7-11(9)15-8-17(12)13/h1-8H. The van der Waals surface area contributed by atoms with Crippen molar-refractivity contribution >= 4 is 27.6 Å². The molecule has 0 amide bonds. The molecular weight excluding hydrogens is 212 g/mol. The maximum atomic E-state index is 4.64. The second-order valence-corrected chi connectivity index (χ2v) is 3.93. The molecule has 0 bridgehead atoms. The van der Waals surface area contributed by atoms with Gasteiger partial charge in [-0.3, -0.25) is 9.38 Å². The summed E-state index contributed by atoms with van der Waals surface area (Å²) in [5.74, 6) is 0. The van der Waals surface area contributed by atoms with Crippen molar-refractivity contribution in [2.24, 2.45) is 0 Å². The lowest BCUT2D eigenvalue weighted by Crippen LogP contribution is -1.89. The first-order valence-corrected chi connectivity index (χ1v) is 5.39. The number of imidazole rings is 1. The molecule has 0 unspecified atom stereocenters. The number of para-hydroxylation sites is 2. The van der Waals surface area contributed by atoms with E-state index in [2.05, 4.69) is 15.0 Å². The van der Waals surface area contributed by atoms with Crippen LogP contribution in [0.25, 0.3) is 27.6 Å². The van der Waals surface area contributed by atoms with E-state index in [4.69, 9.17) is 0 Å². The van der Waals surface area contributed by atoms with E-state index in [0.29, 0.717) is 0 Å². The molecule has 0 saturated heterocycles. The SMILES string of the molecule is c1ccc2c(c1)nc1c3ccncc3ncn21. The second kappa shape index (κ2) is 3.01. The minimum absolute atomic E-state index is 0.871. The third-order valence-electron chi connectivity index (χ3n) is 2.95. The highest BCUT2D eigenvalue weighted by Gasteiger charge is 2.07. The fourth-order valence-corrected chi connectivity index (χ4v) is 2.15. The molecule has 0 aliphatic rings. The lowest BCUT2D eigenvalue weighted by molar-refractivity contribution is 1.14. The molecule has 1 aromatic carbocycles. The fraction of sp³-hybridized carbons (Fsp3) is 0. The van der Waals surface area contributed by atoms with E-state index < -0.39 is 0 Å². The zero-order valence-corrected chi connectivity index (χ0v) is 8.91. The molecule has 4 rings (SSSR count). The highest BCUT2D eigenvalue weighted by molar-refractivity contribution is 5.95. The van der Waals surface area contributed by atoms with Crippen LogP contribution in [0.1, 0.15) is 0 Å². The summed E-state index contributed by atoms with van der Waals surface area (Å²) in [6.45, 7) is 0. The van der Waals surface area contributed by atoms with Crippen molar-refractivity contribution < 1.29 is 0 Å². The largest absolute Gasteiger partial charge is 0.282 e. The first-order valence-electron chi connectivity index (χ1n) is 5.39. The maximum absolute atomic E-state index is 4.64. The normalized spacial score (nSPS) is 11.5. The quantitative estimate of drug-likeness (QED) is 0.457.